The van der Waals surface area contributed by atoms with E-state index in [1.165, 1.54) is 6.07 Å². The highest BCUT2D eigenvalue weighted by Crippen LogP contribution is 2.22. The van der Waals surface area contributed by atoms with Gasteiger partial charge in [0.05, 0.1) is 16.7 Å². The van der Waals surface area contributed by atoms with Gasteiger partial charge in [0.25, 0.3) is 0 Å². The highest BCUT2D eigenvalue weighted by Gasteiger charge is 2.26. The van der Waals surface area contributed by atoms with Crippen LogP contribution in [0.15, 0.2) is 23.1 Å². The van der Waals surface area contributed by atoms with Crippen molar-refractivity contribution in [3.05, 3.63) is 28.8 Å². The number of nitrogens with one attached hydrogen (secondary N) is 1. The fourth-order valence-electron chi connectivity index (χ4n) is 1.40. The van der Waals surface area contributed by atoms with Crippen molar-refractivity contribution in [1.82, 2.24) is 4.72 Å². The smallest absolute Gasteiger partial charge is 0.321 e. The molecule has 0 aliphatic heterocycles. The molecule has 0 radical (unpaired) electrons. The lowest BCUT2D eigenvalue weighted by Gasteiger charge is -2.14. The molecule has 0 aromatic heterocycles. The van der Waals surface area contributed by atoms with Crippen LogP contribution >= 0.6 is 11.6 Å². The summed E-state index contributed by atoms with van der Waals surface area (Å²) in [5.41, 5.74) is 0.180. The van der Waals surface area contributed by atoms with E-state index in [1.54, 1.807) is 6.07 Å². The maximum atomic E-state index is 12.0. The van der Waals surface area contributed by atoms with Crippen molar-refractivity contribution in [2.75, 3.05) is 6.61 Å². The number of sulfonamides is 1. The summed E-state index contributed by atoms with van der Waals surface area (Å²) in [5, 5.41) is 26.0. The van der Waals surface area contributed by atoms with Crippen LogP contribution in [0.4, 0.5) is 0 Å². The molecule has 0 saturated heterocycles. The highest BCUT2D eigenvalue weighted by molar-refractivity contribution is 7.89. The molecule has 1 unspecified atom stereocenters. The van der Waals surface area contributed by atoms with Crippen molar-refractivity contribution in [3.8, 4) is 6.07 Å². The van der Waals surface area contributed by atoms with Crippen LogP contribution in [0.1, 0.15) is 12.0 Å². The molecule has 7 nitrogen and oxygen atoms in total. The molecule has 0 spiro atoms. The minimum atomic E-state index is -4.17. The summed E-state index contributed by atoms with van der Waals surface area (Å²) in [5.74, 6) is -1.41. The SMILES string of the molecule is N#Cc1ccc(S(=O)(=O)NC(CCO)C(=O)O)c(Cl)c1. The van der Waals surface area contributed by atoms with Gasteiger partial charge < -0.3 is 10.2 Å². The summed E-state index contributed by atoms with van der Waals surface area (Å²) in [4.78, 5) is 10.5. The number of hydrogen-bond acceptors (Lipinski definition) is 5. The second kappa shape index (κ2) is 6.67. The standard InChI is InChI=1S/C11H11ClN2O5S/c12-8-5-7(6-13)1-2-10(8)20(18,19)14-9(3-4-15)11(16)17/h1-2,5,9,14-15H,3-4H2,(H,16,17). The number of aliphatic hydroxyl groups is 1. The van der Waals surface area contributed by atoms with Crippen molar-refractivity contribution in [3.63, 3.8) is 0 Å². The van der Waals surface area contributed by atoms with E-state index in [0.717, 1.165) is 12.1 Å². The third-order valence-electron chi connectivity index (χ3n) is 2.36. The van der Waals surface area contributed by atoms with Crippen molar-refractivity contribution >= 4 is 27.6 Å². The van der Waals surface area contributed by atoms with E-state index in [2.05, 4.69) is 0 Å². The molecule has 108 valence electrons. The Bertz CT molecular complexity index is 653. The average Bonchev–Trinajstić information content (AvgIpc) is 2.37. The molecule has 0 saturated carbocycles. The van der Waals surface area contributed by atoms with Gasteiger partial charge in [-0.3, -0.25) is 4.79 Å². The Morgan fingerprint density at radius 1 is 1.50 bits per heavy atom. The molecule has 1 aromatic rings. The van der Waals surface area contributed by atoms with Gasteiger partial charge in [0.1, 0.15) is 10.9 Å². The van der Waals surface area contributed by atoms with Crippen molar-refractivity contribution in [2.24, 2.45) is 0 Å². The third-order valence-corrected chi connectivity index (χ3v) is 4.32. The Balaban J connectivity index is 3.11. The van der Waals surface area contributed by atoms with Crippen LogP contribution < -0.4 is 4.72 Å². The van der Waals surface area contributed by atoms with Crippen LogP contribution in [0, 0.1) is 11.3 Å². The number of rotatable bonds is 6. The number of carbonyl (C=O) groups is 1. The molecule has 1 atom stereocenters. The van der Waals surface area contributed by atoms with Crippen molar-refractivity contribution < 1.29 is 23.4 Å². The zero-order valence-corrected chi connectivity index (χ0v) is 11.6. The van der Waals surface area contributed by atoms with Crippen LogP contribution in [-0.2, 0) is 14.8 Å². The van der Waals surface area contributed by atoms with Gasteiger partial charge in [-0.15, -0.1) is 0 Å². The molecule has 20 heavy (non-hydrogen) atoms. The molecule has 0 bridgehead atoms. The number of carboxylic acid groups (broad SMARTS) is 1. The van der Waals surface area contributed by atoms with E-state index in [1.807, 2.05) is 4.72 Å². The number of nitriles is 1. The van der Waals surface area contributed by atoms with E-state index in [-0.39, 0.29) is 21.9 Å². The zero-order valence-electron chi connectivity index (χ0n) is 10.1. The number of halogens is 1. The number of aliphatic carboxylic acids is 1. The first kappa shape index (κ1) is 16.4. The fourth-order valence-corrected chi connectivity index (χ4v) is 3.17. The Kier molecular flexibility index (Phi) is 5.47. The van der Waals surface area contributed by atoms with Crippen LogP contribution in [-0.4, -0.2) is 37.2 Å². The number of benzene rings is 1. The molecule has 0 fully saturated rings. The first-order chi connectivity index (χ1) is 9.31. The van der Waals surface area contributed by atoms with E-state index in [0.29, 0.717) is 0 Å². The quantitative estimate of drug-likeness (QED) is 0.693. The Morgan fingerprint density at radius 3 is 2.60 bits per heavy atom. The maximum absolute atomic E-state index is 12.0. The summed E-state index contributed by atoms with van der Waals surface area (Å²) >= 11 is 5.77. The van der Waals surface area contributed by atoms with Crippen LogP contribution in [0.25, 0.3) is 0 Å². The number of carboxylic acids is 1. The predicted octanol–water partition coefficient (Wildman–Crippen LogP) is 0.326. The molecular formula is C11H11ClN2O5S. The molecule has 3 N–H and O–H groups in total. The summed E-state index contributed by atoms with van der Waals surface area (Å²) < 4.78 is 26.0. The van der Waals surface area contributed by atoms with E-state index in [9.17, 15) is 13.2 Å². The van der Waals surface area contributed by atoms with Gasteiger partial charge in [-0.25, -0.2) is 8.42 Å². The lowest BCUT2D eigenvalue weighted by atomic mass is 10.2. The number of nitrogens with zero attached hydrogens (tertiary/aromatic N) is 1. The van der Waals surface area contributed by atoms with Crippen LogP contribution in [0.3, 0.4) is 0 Å². The number of hydrogen-bond donors (Lipinski definition) is 3. The first-order valence-corrected chi connectivity index (χ1v) is 7.23. The normalized spacial score (nSPS) is 12.7. The molecule has 0 heterocycles. The van der Waals surface area contributed by atoms with Gasteiger partial charge in [-0.2, -0.15) is 9.98 Å². The van der Waals surface area contributed by atoms with Crippen molar-refractivity contribution in [2.45, 2.75) is 17.4 Å². The van der Waals surface area contributed by atoms with Gasteiger partial charge in [0.2, 0.25) is 10.0 Å². The first-order valence-electron chi connectivity index (χ1n) is 5.37. The van der Waals surface area contributed by atoms with Gasteiger partial charge >= 0.3 is 5.97 Å². The van der Waals surface area contributed by atoms with Gasteiger partial charge in [0.15, 0.2) is 0 Å². The summed E-state index contributed by atoms with van der Waals surface area (Å²) in [6, 6.07) is 3.87. The lowest BCUT2D eigenvalue weighted by molar-refractivity contribution is -0.139. The number of aliphatic hydroxyl groups excluding tert-OH is 1. The molecular weight excluding hydrogens is 308 g/mol. The average molecular weight is 319 g/mol. The summed E-state index contributed by atoms with van der Waals surface area (Å²) in [6.45, 7) is -0.486. The van der Waals surface area contributed by atoms with E-state index >= 15 is 0 Å². The highest BCUT2D eigenvalue weighted by atomic mass is 35.5. The fraction of sp³-hybridized carbons (Fsp3) is 0.273. The largest absolute Gasteiger partial charge is 0.480 e. The van der Waals surface area contributed by atoms with Gasteiger partial charge in [0, 0.05) is 6.61 Å². The Labute approximate surface area is 120 Å². The Morgan fingerprint density at radius 2 is 2.15 bits per heavy atom. The molecule has 0 aliphatic carbocycles. The van der Waals surface area contributed by atoms with Gasteiger partial charge in [-0.05, 0) is 24.6 Å². The molecule has 0 amide bonds. The predicted molar refractivity (Wildman–Crippen MR) is 69.6 cm³/mol. The molecule has 1 rings (SSSR count). The zero-order chi connectivity index (χ0) is 15.3. The minimum absolute atomic E-state index is 0.180. The summed E-state index contributed by atoms with van der Waals surface area (Å²) in [6.07, 6.45) is -0.275. The third kappa shape index (κ3) is 3.91. The van der Waals surface area contributed by atoms with Crippen LogP contribution in [0.2, 0.25) is 5.02 Å². The van der Waals surface area contributed by atoms with Gasteiger partial charge in [-0.1, -0.05) is 11.6 Å². The maximum Gasteiger partial charge on any atom is 0.321 e. The monoisotopic (exact) mass is 318 g/mol. The summed E-state index contributed by atoms with van der Waals surface area (Å²) in [7, 11) is -4.17. The molecule has 1 aromatic carbocycles. The molecule has 9 heteroatoms. The van der Waals surface area contributed by atoms with Crippen LogP contribution in [0.5, 0.6) is 0 Å². The van der Waals surface area contributed by atoms with E-state index in [4.69, 9.17) is 27.1 Å². The van der Waals surface area contributed by atoms with E-state index < -0.39 is 28.6 Å². The second-order valence-electron chi connectivity index (χ2n) is 3.78. The van der Waals surface area contributed by atoms with Crippen molar-refractivity contribution in [1.29, 1.82) is 5.26 Å². The minimum Gasteiger partial charge on any atom is -0.480 e. The second-order valence-corrected chi connectivity index (χ2v) is 5.87. The topological polar surface area (TPSA) is 127 Å². The Hall–Kier alpha value is -1.66. The lowest BCUT2D eigenvalue weighted by Crippen LogP contribution is -2.41. The molecule has 0 aliphatic rings.